The third-order valence-corrected chi connectivity index (χ3v) is 7.43. The fraction of sp³-hybridized carbons (Fsp3) is 0.385. The number of hydrogen-bond acceptors (Lipinski definition) is 3. The summed E-state index contributed by atoms with van der Waals surface area (Å²) in [7, 11) is 2.29. The summed E-state index contributed by atoms with van der Waals surface area (Å²) < 4.78 is 0.980. The normalized spacial score (nSPS) is 17.8. The summed E-state index contributed by atoms with van der Waals surface area (Å²) in [5.74, 6) is 0.340. The second kappa shape index (κ2) is 10.0. The van der Waals surface area contributed by atoms with Crippen molar-refractivity contribution in [1.29, 1.82) is 0 Å². The number of carbonyl (C=O) groups is 2. The predicted octanol–water partition coefficient (Wildman–Crippen LogP) is 1.52. The number of thiophene rings is 1. The molecule has 0 aliphatic carbocycles. The Hall–Kier alpha value is -1.77. The van der Waals surface area contributed by atoms with Gasteiger partial charge in [-0.15, -0.1) is 11.3 Å². The van der Waals surface area contributed by atoms with Gasteiger partial charge in [0.2, 0.25) is 5.91 Å². The van der Waals surface area contributed by atoms with E-state index in [1.165, 1.54) is 10.3 Å². The third-order valence-electron chi connectivity index (χ3n) is 6.22. The van der Waals surface area contributed by atoms with Crippen LogP contribution in [0.5, 0.6) is 0 Å². The SMILES string of the molecule is CC(C)C[N+]1(C)CCc2c(sc(CC(=O)Cc3ccc4ccccc4c3)c2C(N)=O)C1.[I-]. The minimum Gasteiger partial charge on any atom is -1.00 e. The van der Waals surface area contributed by atoms with Crippen LogP contribution in [0.2, 0.25) is 0 Å². The van der Waals surface area contributed by atoms with E-state index in [9.17, 15) is 9.59 Å². The van der Waals surface area contributed by atoms with Gasteiger partial charge in [-0.3, -0.25) is 9.59 Å². The van der Waals surface area contributed by atoms with Gasteiger partial charge < -0.3 is 34.2 Å². The van der Waals surface area contributed by atoms with Gasteiger partial charge in [-0.2, -0.15) is 0 Å². The molecule has 0 fully saturated rings. The van der Waals surface area contributed by atoms with Gasteiger partial charge in [-0.1, -0.05) is 56.3 Å². The van der Waals surface area contributed by atoms with Gasteiger partial charge in [0.15, 0.2) is 0 Å². The van der Waals surface area contributed by atoms with E-state index in [0.29, 0.717) is 17.9 Å². The number of ketones is 1. The average molecular weight is 563 g/mol. The maximum Gasteiger partial charge on any atom is 0.250 e. The Kier molecular flexibility index (Phi) is 7.78. The molecule has 0 spiro atoms. The van der Waals surface area contributed by atoms with Crippen LogP contribution >= 0.6 is 11.3 Å². The zero-order valence-corrected chi connectivity index (χ0v) is 22.0. The minimum atomic E-state index is -0.397. The predicted molar refractivity (Wildman–Crippen MR) is 127 cm³/mol. The molecule has 170 valence electrons. The lowest BCUT2D eigenvalue weighted by molar-refractivity contribution is -0.926. The maximum atomic E-state index is 12.9. The lowest BCUT2D eigenvalue weighted by Crippen LogP contribution is -3.00. The minimum absolute atomic E-state index is 0. The van der Waals surface area contributed by atoms with Crippen LogP contribution in [0.4, 0.5) is 0 Å². The molecule has 2 N–H and O–H groups in total. The van der Waals surface area contributed by atoms with Crippen LogP contribution in [0.15, 0.2) is 42.5 Å². The second-order valence-electron chi connectivity index (χ2n) is 9.57. The number of rotatable bonds is 7. The molecule has 1 amide bonds. The van der Waals surface area contributed by atoms with Crippen LogP contribution in [-0.2, 0) is 30.6 Å². The van der Waals surface area contributed by atoms with Crippen LogP contribution in [0.3, 0.4) is 0 Å². The number of Topliss-reactive ketones (excluding diaryl/α,β-unsaturated/α-hetero) is 1. The Bertz CT molecular complexity index is 1150. The van der Waals surface area contributed by atoms with E-state index in [2.05, 4.69) is 45.2 Å². The van der Waals surface area contributed by atoms with Gasteiger partial charge in [0.1, 0.15) is 12.3 Å². The first kappa shape index (κ1) is 24.9. The molecule has 1 aromatic heterocycles. The number of benzene rings is 2. The van der Waals surface area contributed by atoms with E-state index in [1.54, 1.807) is 11.3 Å². The summed E-state index contributed by atoms with van der Waals surface area (Å²) in [6, 6.07) is 14.3. The smallest absolute Gasteiger partial charge is 0.250 e. The van der Waals surface area contributed by atoms with Crippen LogP contribution < -0.4 is 29.7 Å². The van der Waals surface area contributed by atoms with Crippen molar-refractivity contribution in [2.75, 3.05) is 20.1 Å². The van der Waals surface area contributed by atoms with Crippen molar-refractivity contribution in [2.45, 2.75) is 39.7 Å². The van der Waals surface area contributed by atoms with Gasteiger partial charge in [0, 0.05) is 30.1 Å². The molecule has 1 atom stereocenters. The molecule has 0 saturated carbocycles. The van der Waals surface area contributed by atoms with Crippen LogP contribution in [0, 0.1) is 5.92 Å². The zero-order chi connectivity index (χ0) is 22.2. The highest BCUT2D eigenvalue weighted by molar-refractivity contribution is 7.12. The molecule has 4 rings (SSSR count). The molecule has 1 aliphatic rings. The maximum absolute atomic E-state index is 12.9. The number of carbonyl (C=O) groups excluding carboxylic acids is 2. The highest BCUT2D eigenvalue weighted by Gasteiger charge is 2.34. The number of likely N-dealkylation sites (N-methyl/N-ethyl adjacent to an activating group) is 1. The molecule has 0 bridgehead atoms. The highest BCUT2D eigenvalue weighted by atomic mass is 127. The molecule has 1 aliphatic heterocycles. The van der Waals surface area contributed by atoms with Crippen LogP contribution in [0.25, 0.3) is 10.8 Å². The summed E-state index contributed by atoms with van der Waals surface area (Å²) in [4.78, 5) is 27.3. The standard InChI is InChI=1S/C26H30N2O2S.HI/c1-17(2)15-28(3)11-10-22-24(16-28)31-23(25(22)26(27)30)14-21(29)13-18-8-9-19-6-4-5-7-20(19)12-18;/h4-9,12,17H,10-11,13-16H2,1-3H3,(H-,27,30);1H. The zero-order valence-electron chi connectivity index (χ0n) is 19.0. The Morgan fingerprint density at radius 2 is 1.81 bits per heavy atom. The summed E-state index contributed by atoms with van der Waals surface area (Å²) in [6.07, 6.45) is 1.50. The number of hydrogen-bond donors (Lipinski definition) is 1. The molecular formula is C26H31IN2O2S. The monoisotopic (exact) mass is 562 g/mol. The van der Waals surface area contributed by atoms with Gasteiger partial charge in [0.05, 0.1) is 30.6 Å². The second-order valence-corrected chi connectivity index (χ2v) is 10.8. The lowest BCUT2D eigenvalue weighted by Gasteiger charge is -2.39. The van der Waals surface area contributed by atoms with E-state index in [4.69, 9.17) is 5.73 Å². The van der Waals surface area contributed by atoms with Crippen molar-refractivity contribution in [3.8, 4) is 0 Å². The molecule has 6 heteroatoms. The van der Waals surface area contributed by atoms with E-state index in [1.807, 2.05) is 18.2 Å². The average Bonchev–Trinajstić information content (AvgIpc) is 3.03. The van der Waals surface area contributed by atoms with E-state index < -0.39 is 5.91 Å². The van der Waals surface area contributed by atoms with Gasteiger partial charge in [-0.05, 0) is 21.9 Å². The first-order valence-electron chi connectivity index (χ1n) is 11.0. The van der Waals surface area contributed by atoms with Crippen LogP contribution in [-0.4, -0.2) is 36.3 Å². The van der Waals surface area contributed by atoms with E-state index >= 15 is 0 Å². The quantitative estimate of drug-likeness (QED) is 0.351. The number of amides is 1. The van der Waals surface area contributed by atoms with Crippen molar-refractivity contribution >= 4 is 33.8 Å². The Morgan fingerprint density at radius 1 is 1.09 bits per heavy atom. The lowest BCUT2D eigenvalue weighted by atomic mass is 9.96. The molecule has 3 aromatic rings. The molecule has 0 radical (unpaired) electrons. The molecule has 32 heavy (non-hydrogen) atoms. The molecule has 1 unspecified atom stereocenters. The number of primary amides is 1. The van der Waals surface area contributed by atoms with Crippen molar-refractivity contribution in [3.05, 3.63) is 68.9 Å². The molecule has 2 heterocycles. The van der Waals surface area contributed by atoms with Gasteiger partial charge in [-0.25, -0.2) is 0 Å². The van der Waals surface area contributed by atoms with Crippen molar-refractivity contribution in [2.24, 2.45) is 11.7 Å². The number of nitrogens with zero attached hydrogens (tertiary/aromatic N) is 1. The van der Waals surface area contributed by atoms with Gasteiger partial charge >= 0.3 is 0 Å². The van der Waals surface area contributed by atoms with Crippen molar-refractivity contribution < 1.29 is 38.0 Å². The molecule has 4 nitrogen and oxygen atoms in total. The number of fused-ring (bicyclic) bond motifs is 2. The largest absolute Gasteiger partial charge is 1.00 e. The van der Waals surface area contributed by atoms with E-state index in [0.717, 1.165) is 51.9 Å². The third kappa shape index (κ3) is 5.41. The molecular weight excluding hydrogens is 531 g/mol. The fourth-order valence-corrected chi connectivity index (χ4v) is 6.59. The number of halogens is 1. The summed E-state index contributed by atoms with van der Waals surface area (Å²) >= 11 is 1.62. The summed E-state index contributed by atoms with van der Waals surface area (Å²) in [5.41, 5.74) is 8.48. The van der Waals surface area contributed by atoms with E-state index in [-0.39, 0.29) is 36.2 Å². The summed E-state index contributed by atoms with van der Waals surface area (Å²) in [5, 5.41) is 2.31. The highest BCUT2D eigenvalue weighted by Crippen LogP contribution is 2.36. The number of quaternary nitrogens is 1. The first-order valence-corrected chi connectivity index (χ1v) is 11.8. The Morgan fingerprint density at radius 3 is 2.50 bits per heavy atom. The number of nitrogens with two attached hydrogens (primary N) is 1. The molecule has 0 saturated heterocycles. The first-order chi connectivity index (χ1) is 14.7. The van der Waals surface area contributed by atoms with Crippen LogP contribution in [0.1, 0.15) is 45.1 Å². The molecule has 2 aromatic carbocycles. The fourth-order valence-electron chi connectivity index (χ4n) is 5.03. The topological polar surface area (TPSA) is 60.2 Å². The summed E-state index contributed by atoms with van der Waals surface area (Å²) in [6.45, 7) is 7.53. The van der Waals surface area contributed by atoms with Gasteiger partial charge in [0.25, 0.3) is 0 Å². The Balaban J connectivity index is 0.00000289. The van der Waals surface area contributed by atoms with Crippen molar-refractivity contribution in [1.82, 2.24) is 0 Å². The van der Waals surface area contributed by atoms with Crippen molar-refractivity contribution in [3.63, 3.8) is 0 Å². The Labute approximate surface area is 211 Å².